The Hall–Kier alpha value is -3.14. The summed E-state index contributed by atoms with van der Waals surface area (Å²) in [5.41, 5.74) is 5.47. The monoisotopic (exact) mass is 299 g/mol. The first-order valence-corrected chi connectivity index (χ1v) is 6.52. The van der Waals surface area contributed by atoms with Gasteiger partial charge in [0.2, 0.25) is 0 Å². The quantitative estimate of drug-likeness (QED) is 0.490. The SMILES string of the molecule is CCOC(=O)CN1C(=O)/C(=C(\C#N)C(N)=O)c2ccccc21. The topological polar surface area (TPSA) is 113 Å². The van der Waals surface area contributed by atoms with Crippen molar-refractivity contribution in [1.82, 2.24) is 0 Å². The predicted octanol–water partition coefficient (Wildman–Crippen LogP) is 0.359. The van der Waals surface area contributed by atoms with Crippen molar-refractivity contribution in [3.63, 3.8) is 0 Å². The molecule has 2 N–H and O–H groups in total. The fourth-order valence-corrected chi connectivity index (χ4v) is 2.25. The van der Waals surface area contributed by atoms with Crippen molar-refractivity contribution in [1.29, 1.82) is 5.26 Å². The van der Waals surface area contributed by atoms with Crippen LogP contribution in [0.2, 0.25) is 0 Å². The molecule has 7 nitrogen and oxygen atoms in total. The molecule has 0 saturated heterocycles. The molecule has 0 aliphatic carbocycles. The largest absolute Gasteiger partial charge is 0.465 e. The van der Waals surface area contributed by atoms with Gasteiger partial charge in [-0.1, -0.05) is 18.2 Å². The Morgan fingerprint density at radius 3 is 2.64 bits per heavy atom. The highest BCUT2D eigenvalue weighted by molar-refractivity contribution is 6.37. The minimum Gasteiger partial charge on any atom is -0.465 e. The van der Waals surface area contributed by atoms with E-state index in [-0.39, 0.29) is 18.7 Å². The number of esters is 1. The van der Waals surface area contributed by atoms with E-state index < -0.39 is 23.4 Å². The zero-order chi connectivity index (χ0) is 16.3. The van der Waals surface area contributed by atoms with Crippen LogP contribution in [0.3, 0.4) is 0 Å². The maximum Gasteiger partial charge on any atom is 0.326 e. The van der Waals surface area contributed by atoms with E-state index in [1.54, 1.807) is 37.3 Å². The molecule has 1 aromatic carbocycles. The molecule has 0 atom stereocenters. The number of anilines is 1. The molecule has 2 amide bonds. The number of nitriles is 1. The second kappa shape index (κ2) is 6.10. The Morgan fingerprint density at radius 1 is 1.36 bits per heavy atom. The van der Waals surface area contributed by atoms with Gasteiger partial charge in [-0.15, -0.1) is 0 Å². The van der Waals surface area contributed by atoms with Crippen molar-refractivity contribution >= 4 is 29.0 Å². The molecule has 0 saturated carbocycles. The Kier molecular flexibility index (Phi) is 4.23. The summed E-state index contributed by atoms with van der Waals surface area (Å²) in [5.74, 6) is -2.19. The van der Waals surface area contributed by atoms with E-state index in [0.29, 0.717) is 11.3 Å². The molecule has 1 aromatic rings. The molecule has 1 aliphatic rings. The second-order valence-corrected chi connectivity index (χ2v) is 4.44. The first-order chi connectivity index (χ1) is 10.5. The lowest BCUT2D eigenvalue weighted by atomic mass is 10.0. The van der Waals surface area contributed by atoms with Crippen LogP contribution in [0.25, 0.3) is 5.57 Å². The average molecular weight is 299 g/mol. The van der Waals surface area contributed by atoms with Crippen molar-refractivity contribution < 1.29 is 19.1 Å². The van der Waals surface area contributed by atoms with Crippen LogP contribution in [0.15, 0.2) is 29.8 Å². The van der Waals surface area contributed by atoms with Gasteiger partial charge < -0.3 is 10.5 Å². The third-order valence-corrected chi connectivity index (χ3v) is 3.12. The number of para-hydroxylation sites is 1. The zero-order valence-electron chi connectivity index (χ0n) is 11.8. The number of carbonyl (C=O) groups is 3. The van der Waals surface area contributed by atoms with Crippen molar-refractivity contribution in [2.45, 2.75) is 6.92 Å². The Balaban J connectivity index is 2.54. The summed E-state index contributed by atoms with van der Waals surface area (Å²) in [5, 5.41) is 9.08. The van der Waals surface area contributed by atoms with Gasteiger partial charge in [0.15, 0.2) is 0 Å². The molecule has 0 radical (unpaired) electrons. The summed E-state index contributed by atoms with van der Waals surface area (Å²) in [4.78, 5) is 36.7. The number of hydrogen-bond acceptors (Lipinski definition) is 5. The van der Waals surface area contributed by atoms with Gasteiger partial charge in [0.05, 0.1) is 17.9 Å². The lowest BCUT2D eigenvalue weighted by Crippen LogP contribution is -2.33. The lowest BCUT2D eigenvalue weighted by Gasteiger charge is -2.15. The molecule has 2 rings (SSSR count). The summed E-state index contributed by atoms with van der Waals surface area (Å²) in [6.45, 7) is 1.55. The van der Waals surface area contributed by atoms with Crippen molar-refractivity contribution in [2.24, 2.45) is 5.73 Å². The Labute approximate surface area is 126 Å². The Morgan fingerprint density at radius 2 is 2.05 bits per heavy atom. The number of amides is 2. The molecule has 112 valence electrons. The smallest absolute Gasteiger partial charge is 0.326 e. The normalized spacial score (nSPS) is 15.1. The van der Waals surface area contributed by atoms with Gasteiger partial charge in [-0.2, -0.15) is 5.26 Å². The summed E-state index contributed by atoms with van der Waals surface area (Å²) in [7, 11) is 0. The van der Waals surface area contributed by atoms with Gasteiger partial charge >= 0.3 is 5.97 Å². The molecule has 0 unspecified atom stereocenters. The van der Waals surface area contributed by atoms with E-state index >= 15 is 0 Å². The zero-order valence-corrected chi connectivity index (χ0v) is 11.8. The lowest BCUT2D eigenvalue weighted by molar-refractivity contribution is -0.142. The third-order valence-electron chi connectivity index (χ3n) is 3.12. The number of benzene rings is 1. The van der Waals surface area contributed by atoms with Gasteiger partial charge in [0.1, 0.15) is 18.2 Å². The molecule has 1 aliphatic heterocycles. The van der Waals surface area contributed by atoms with Crippen molar-refractivity contribution in [3.05, 3.63) is 35.4 Å². The maximum absolute atomic E-state index is 12.5. The molecule has 0 bridgehead atoms. The van der Waals surface area contributed by atoms with Crippen LogP contribution >= 0.6 is 0 Å². The van der Waals surface area contributed by atoms with Crippen LogP contribution in [-0.2, 0) is 19.1 Å². The highest BCUT2D eigenvalue weighted by Gasteiger charge is 2.37. The molecule has 22 heavy (non-hydrogen) atoms. The third kappa shape index (κ3) is 2.54. The molecule has 0 fully saturated rings. The summed E-state index contributed by atoms with van der Waals surface area (Å²) in [6, 6.07) is 8.21. The fraction of sp³-hybridized carbons (Fsp3) is 0.200. The van der Waals surface area contributed by atoms with Gasteiger partial charge in [-0.05, 0) is 13.0 Å². The molecule has 0 spiro atoms. The molecule has 1 heterocycles. The standard InChI is InChI=1S/C15H13N3O4/c1-2-22-12(19)8-18-11-6-4-3-5-9(11)13(15(18)21)10(7-16)14(17)20/h3-6H,2,8H2,1H3,(H2,17,20)/b13-10+. The minimum absolute atomic E-state index is 0.0881. The number of nitrogens with zero attached hydrogens (tertiary/aromatic N) is 2. The number of rotatable bonds is 4. The molecule has 7 heteroatoms. The van der Waals surface area contributed by atoms with Crippen LogP contribution in [0.1, 0.15) is 12.5 Å². The predicted molar refractivity (Wildman–Crippen MR) is 77.2 cm³/mol. The van der Waals surface area contributed by atoms with Crippen molar-refractivity contribution in [2.75, 3.05) is 18.1 Å². The summed E-state index contributed by atoms with van der Waals surface area (Å²) < 4.78 is 4.83. The van der Waals surface area contributed by atoms with E-state index in [0.717, 1.165) is 0 Å². The highest BCUT2D eigenvalue weighted by atomic mass is 16.5. The number of ether oxygens (including phenoxy) is 1. The van der Waals surface area contributed by atoms with Gasteiger partial charge in [-0.25, -0.2) is 0 Å². The second-order valence-electron chi connectivity index (χ2n) is 4.44. The number of fused-ring (bicyclic) bond motifs is 1. The fourth-order valence-electron chi connectivity index (χ4n) is 2.25. The van der Waals surface area contributed by atoms with Crippen LogP contribution in [0.4, 0.5) is 5.69 Å². The molecule has 0 aromatic heterocycles. The van der Waals surface area contributed by atoms with E-state index in [1.165, 1.54) is 4.90 Å². The maximum atomic E-state index is 12.5. The summed E-state index contributed by atoms with van der Waals surface area (Å²) in [6.07, 6.45) is 0. The van der Waals surface area contributed by atoms with E-state index in [9.17, 15) is 14.4 Å². The number of hydrogen-bond donors (Lipinski definition) is 1. The molecular weight excluding hydrogens is 286 g/mol. The van der Waals surface area contributed by atoms with E-state index in [2.05, 4.69) is 0 Å². The Bertz CT molecular complexity index is 731. The van der Waals surface area contributed by atoms with Gasteiger partial charge in [-0.3, -0.25) is 19.3 Å². The first kappa shape index (κ1) is 15.3. The van der Waals surface area contributed by atoms with Gasteiger partial charge in [0, 0.05) is 5.56 Å². The van der Waals surface area contributed by atoms with Crippen molar-refractivity contribution in [3.8, 4) is 6.07 Å². The first-order valence-electron chi connectivity index (χ1n) is 6.52. The van der Waals surface area contributed by atoms with E-state index in [1.807, 2.05) is 0 Å². The van der Waals surface area contributed by atoms with Gasteiger partial charge in [0.25, 0.3) is 11.8 Å². The molecular formula is C15H13N3O4. The minimum atomic E-state index is -0.987. The van der Waals surface area contributed by atoms with Crippen LogP contribution in [0, 0.1) is 11.3 Å². The summed E-state index contributed by atoms with van der Waals surface area (Å²) >= 11 is 0. The van der Waals surface area contributed by atoms with Crippen LogP contribution in [-0.4, -0.2) is 30.9 Å². The van der Waals surface area contributed by atoms with Crippen LogP contribution in [0.5, 0.6) is 0 Å². The number of nitrogens with two attached hydrogens (primary N) is 1. The van der Waals surface area contributed by atoms with Crippen LogP contribution < -0.4 is 10.6 Å². The number of carbonyl (C=O) groups excluding carboxylic acids is 3. The number of primary amides is 1. The average Bonchev–Trinajstić information content (AvgIpc) is 2.74. The highest BCUT2D eigenvalue weighted by Crippen LogP contribution is 2.38. The van der Waals surface area contributed by atoms with E-state index in [4.69, 9.17) is 15.7 Å².